The molecule has 1 aromatic rings. The van der Waals surface area contributed by atoms with Crippen LogP contribution in [-0.4, -0.2) is 12.3 Å². The van der Waals surface area contributed by atoms with Gasteiger partial charge in [0.1, 0.15) is 0 Å². The van der Waals surface area contributed by atoms with Crippen LogP contribution in [0.3, 0.4) is 0 Å². The van der Waals surface area contributed by atoms with Crippen LogP contribution >= 0.6 is 11.6 Å². The van der Waals surface area contributed by atoms with Gasteiger partial charge in [0, 0.05) is 11.6 Å². The first kappa shape index (κ1) is 16.7. The van der Waals surface area contributed by atoms with Gasteiger partial charge in [-0.1, -0.05) is 31.5 Å². The van der Waals surface area contributed by atoms with Gasteiger partial charge in [0.25, 0.3) is 0 Å². The van der Waals surface area contributed by atoms with Gasteiger partial charge in [-0.2, -0.15) is 0 Å². The van der Waals surface area contributed by atoms with Crippen LogP contribution in [0.25, 0.3) is 0 Å². The summed E-state index contributed by atoms with van der Waals surface area (Å²) in [5.74, 6) is 0.160. The van der Waals surface area contributed by atoms with E-state index in [4.69, 9.17) is 11.6 Å². The average molecular weight is 266 g/mol. The molecule has 0 amide bonds. The first-order chi connectivity index (χ1) is 8.68. The van der Waals surface area contributed by atoms with Gasteiger partial charge < -0.3 is 5.32 Å². The molecule has 0 bridgehead atoms. The van der Waals surface area contributed by atoms with Crippen LogP contribution in [0.15, 0.2) is 18.2 Å². The Labute approximate surface area is 115 Å². The quantitative estimate of drug-likeness (QED) is 0.789. The second-order valence-corrected chi connectivity index (χ2v) is 4.03. The van der Waals surface area contributed by atoms with Gasteiger partial charge in [0.05, 0.1) is 6.04 Å². The fourth-order valence-corrected chi connectivity index (χ4v) is 2.09. The molecular formula is C15H20ClNO. The Morgan fingerprint density at radius 1 is 1.39 bits per heavy atom. The van der Waals surface area contributed by atoms with E-state index in [2.05, 4.69) is 18.2 Å². The number of hydrogen-bond acceptors (Lipinski definition) is 2. The topological polar surface area (TPSA) is 29.1 Å². The lowest BCUT2D eigenvalue weighted by molar-refractivity contribution is -0.119. The average Bonchev–Trinajstić information content (AvgIpc) is 2.42. The number of nitrogens with one attached hydrogen (secondary N) is 1. The van der Waals surface area contributed by atoms with Crippen molar-refractivity contribution < 1.29 is 4.79 Å². The SMILES string of the molecule is C#C.CC.CC(=O)C1NCCc2cc(Cl)ccc21. The molecule has 2 rings (SSSR count). The summed E-state index contributed by atoms with van der Waals surface area (Å²) in [6.45, 7) is 6.46. The van der Waals surface area contributed by atoms with Crippen molar-refractivity contribution in [1.29, 1.82) is 0 Å². The minimum absolute atomic E-state index is 0.143. The molecule has 98 valence electrons. The Balaban J connectivity index is 0.000000659. The van der Waals surface area contributed by atoms with Crippen molar-refractivity contribution in [2.45, 2.75) is 33.2 Å². The lowest BCUT2D eigenvalue weighted by atomic mass is 9.92. The van der Waals surface area contributed by atoms with E-state index in [-0.39, 0.29) is 11.8 Å². The molecule has 0 fully saturated rings. The van der Waals surface area contributed by atoms with Crippen molar-refractivity contribution in [2.24, 2.45) is 0 Å². The Kier molecular flexibility index (Phi) is 8.11. The highest BCUT2D eigenvalue weighted by Crippen LogP contribution is 2.26. The molecule has 18 heavy (non-hydrogen) atoms. The van der Waals surface area contributed by atoms with Crippen molar-refractivity contribution in [3.63, 3.8) is 0 Å². The van der Waals surface area contributed by atoms with Crippen molar-refractivity contribution in [2.75, 3.05) is 6.54 Å². The van der Waals surface area contributed by atoms with Gasteiger partial charge in [-0.25, -0.2) is 0 Å². The number of halogens is 1. The molecule has 0 radical (unpaired) electrons. The van der Waals surface area contributed by atoms with Crippen LogP contribution in [0.5, 0.6) is 0 Å². The fourth-order valence-electron chi connectivity index (χ4n) is 1.90. The number of benzene rings is 1. The molecule has 0 aromatic heterocycles. The molecule has 1 heterocycles. The Bertz CT molecular complexity index is 412. The van der Waals surface area contributed by atoms with E-state index >= 15 is 0 Å². The Hall–Kier alpha value is -1.30. The molecule has 1 atom stereocenters. The number of ketones is 1. The van der Waals surface area contributed by atoms with Crippen LogP contribution in [0.2, 0.25) is 5.02 Å². The van der Waals surface area contributed by atoms with Crippen molar-refractivity contribution in [3.05, 3.63) is 34.3 Å². The van der Waals surface area contributed by atoms with Gasteiger partial charge in [-0.15, -0.1) is 12.8 Å². The zero-order chi connectivity index (χ0) is 14.1. The summed E-state index contributed by atoms with van der Waals surface area (Å²) in [6, 6.07) is 5.59. The zero-order valence-electron chi connectivity index (χ0n) is 11.2. The Morgan fingerprint density at radius 2 is 2.00 bits per heavy atom. The van der Waals surface area contributed by atoms with Crippen LogP contribution in [-0.2, 0) is 11.2 Å². The second kappa shape index (κ2) is 8.74. The normalized spacial score (nSPS) is 16.2. The van der Waals surface area contributed by atoms with Gasteiger partial charge >= 0.3 is 0 Å². The number of fused-ring (bicyclic) bond motifs is 1. The van der Waals surface area contributed by atoms with E-state index in [0.29, 0.717) is 0 Å². The summed E-state index contributed by atoms with van der Waals surface area (Å²) in [4.78, 5) is 11.4. The largest absolute Gasteiger partial charge is 0.303 e. The summed E-state index contributed by atoms with van der Waals surface area (Å²) in [7, 11) is 0. The van der Waals surface area contributed by atoms with E-state index < -0.39 is 0 Å². The molecule has 1 aliphatic rings. The number of Topliss-reactive ketones (excluding diaryl/α,β-unsaturated/α-hetero) is 1. The standard InChI is InChI=1S/C11H12ClNO.C2H6.C2H2/c1-7(14)11-10-3-2-9(12)6-8(10)4-5-13-11;2*1-2/h2-3,6,11,13H,4-5H2,1H3;1-2H3;1-2H. The molecule has 1 unspecified atom stereocenters. The number of hydrogen-bond donors (Lipinski definition) is 1. The van der Waals surface area contributed by atoms with Crippen molar-refractivity contribution in [1.82, 2.24) is 5.32 Å². The third-order valence-corrected chi connectivity index (χ3v) is 2.80. The van der Waals surface area contributed by atoms with E-state index in [9.17, 15) is 4.79 Å². The van der Waals surface area contributed by atoms with E-state index in [1.165, 1.54) is 5.56 Å². The molecular weight excluding hydrogens is 246 g/mol. The highest BCUT2D eigenvalue weighted by atomic mass is 35.5. The zero-order valence-corrected chi connectivity index (χ0v) is 11.9. The van der Waals surface area contributed by atoms with E-state index in [1.54, 1.807) is 6.92 Å². The minimum Gasteiger partial charge on any atom is -0.303 e. The van der Waals surface area contributed by atoms with E-state index in [1.807, 2.05) is 32.0 Å². The maximum atomic E-state index is 11.4. The van der Waals surface area contributed by atoms with Crippen molar-refractivity contribution in [3.8, 4) is 12.8 Å². The maximum Gasteiger partial charge on any atom is 0.151 e. The predicted molar refractivity (Wildman–Crippen MR) is 77.8 cm³/mol. The molecule has 0 aliphatic carbocycles. The van der Waals surface area contributed by atoms with Crippen LogP contribution in [0, 0.1) is 12.8 Å². The monoisotopic (exact) mass is 265 g/mol. The molecule has 0 saturated heterocycles. The third kappa shape index (κ3) is 4.18. The van der Waals surface area contributed by atoms with Crippen LogP contribution in [0.4, 0.5) is 0 Å². The number of carbonyl (C=O) groups is 1. The molecule has 0 spiro atoms. The summed E-state index contributed by atoms with van der Waals surface area (Å²) >= 11 is 5.90. The summed E-state index contributed by atoms with van der Waals surface area (Å²) in [5, 5.41) is 3.95. The van der Waals surface area contributed by atoms with Gasteiger partial charge in [-0.3, -0.25) is 4.79 Å². The molecule has 1 aromatic carbocycles. The molecule has 1 N–H and O–H groups in total. The molecule has 2 nitrogen and oxygen atoms in total. The third-order valence-electron chi connectivity index (χ3n) is 2.57. The highest BCUT2D eigenvalue weighted by Gasteiger charge is 2.22. The lowest BCUT2D eigenvalue weighted by Gasteiger charge is -2.24. The van der Waals surface area contributed by atoms with Gasteiger partial charge in [0.15, 0.2) is 5.78 Å². The molecule has 1 aliphatic heterocycles. The van der Waals surface area contributed by atoms with Gasteiger partial charge in [0.2, 0.25) is 0 Å². The Morgan fingerprint density at radius 3 is 2.56 bits per heavy atom. The van der Waals surface area contributed by atoms with Crippen molar-refractivity contribution >= 4 is 17.4 Å². The highest BCUT2D eigenvalue weighted by molar-refractivity contribution is 6.30. The van der Waals surface area contributed by atoms with Gasteiger partial charge in [-0.05, 0) is 36.6 Å². The maximum absolute atomic E-state index is 11.4. The number of carbonyl (C=O) groups excluding carboxylic acids is 1. The molecule has 3 heteroatoms. The predicted octanol–water partition coefficient (Wildman–Crippen LogP) is 3.39. The first-order valence-corrected chi connectivity index (χ1v) is 6.42. The lowest BCUT2D eigenvalue weighted by Crippen LogP contribution is -2.33. The minimum atomic E-state index is -0.143. The number of terminal acetylenes is 1. The summed E-state index contributed by atoms with van der Waals surface area (Å²) < 4.78 is 0. The smallest absolute Gasteiger partial charge is 0.151 e. The molecule has 0 saturated carbocycles. The van der Waals surface area contributed by atoms with Crippen LogP contribution in [0.1, 0.15) is 37.9 Å². The van der Waals surface area contributed by atoms with E-state index in [0.717, 1.165) is 23.6 Å². The number of rotatable bonds is 1. The van der Waals surface area contributed by atoms with Crippen LogP contribution < -0.4 is 5.32 Å². The summed E-state index contributed by atoms with van der Waals surface area (Å²) in [5.41, 5.74) is 2.27. The first-order valence-electron chi connectivity index (χ1n) is 6.04. The fraction of sp³-hybridized carbons (Fsp3) is 0.400. The summed E-state index contributed by atoms with van der Waals surface area (Å²) in [6.07, 6.45) is 8.94. The second-order valence-electron chi connectivity index (χ2n) is 3.59.